The number of aryl methyl sites for hydroxylation is 3. The number of aromatic amines is 1. The Bertz CT molecular complexity index is 1620. The third-order valence-electron chi connectivity index (χ3n) is 5.97. The lowest BCUT2D eigenvalue weighted by molar-refractivity contribution is 0.101. The van der Waals surface area contributed by atoms with Crippen LogP contribution in [0.3, 0.4) is 0 Å². The molecular weight excluding hydrogens is 469 g/mol. The van der Waals surface area contributed by atoms with E-state index in [0.717, 1.165) is 28.0 Å². The van der Waals surface area contributed by atoms with Gasteiger partial charge in [-0.25, -0.2) is 4.39 Å². The van der Waals surface area contributed by atoms with Crippen LogP contribution in [0.2, 0.25) is 0 Å². The van der Waals surface area contributed by atoms with Crippen molar-refractivity contribution < 1.29 is 9.18 Å². The van der Waals surface area contributed by atoms with Crippen LogP contribution >= 0.6 is 0 Å². The molecular formula is C28H26FN7O. The number of pyridine rings is 1. The summed E-state index contributed by atoms with van der Waals surface area (Å²) in [4.78, 5) is 17.2. The van der Waals surface area contributed by atoms with Gasteiger partial charge in [0.05, 0.1) is 28.3 Å². The van der Waals surface area contributed by atoms with Gasteiger partial charge in [-0.2, -0.15) is 10.2 Å². The lowest BCUT2D eigenvalue weighted by Gasteiger charge is -2.14. The van der Waals surface area contributed by atoms with Crippen LogP contribution in [-0.2, 0) is 6.54 Å². The molecule has 0 saturated carbocycles. The maximum Gasteiger partial charge on any atom is 0.273 e. The minimum absolute atomic E-state index is 0.246. The van der Waals surface area contributed by atoms with Crippen molar-refractivity contribution in [2.24, 2.45) is 0 Å². The van der Waals surface area contributed by atoms with Crippen molar-refractivity contribution >= 4 is 46.0 Å². The van der Waals surface area contributed by atoms with Crippen molar-refractivity contribution in [1.29, 1.82) is 0 Å². The molecule has 0 aliphatic rings. The van der Waals surface area contributed by atoms with Crippen molar-refractivity contribution in [2.45, 2.75) is 27.3 Å². The van der Waals surface area contributed by atoms with E-state index in [-0.39, 0.29) is 11.6 Å². The van der Waals surface area contributed by atoms with E-state index in [4.69, 9.17) is 0 Å². The fraction of sp³-hybridized carbons (Fsp3) is 0.143. The van der Waals surface area contributed by atoms with Gasteiger partial charge in [0.1, 0.15) is 11.5 Å². The molecule has 186 valence electrons. The maximum absolute atomic E-state index is 14.9. The standard InChI is InChI=1S/C28H26FN7O/c1-4-36-27(14-18(3)35-36)28(37)32-24-16-26(22(29)13-17(24)2)31-20-8-10-21-23(33-34-25(21)15-20)11-9-19-7-5-6-12-30-19/h5-16,31H,4H2,1-3H3,(H,32,37)(H,33,34)/b11-9+. The number of carbonyl (C=O) groups is 1. The molecule has 8 nitrogen and oxygen atoms in total. The monoisotopic (exact) mass is 495 g/mol. The highest BCUT2D eigenvalue weighted by Gasteiger charge is 2.16. The topological polar surface area (TPSA) is 101 Å². The van der Waals surface area contributed by atoms with E-state index < -0.39 is 5.82 Å². The second-order valence-electron chi connectivity index (χ2n) is 8.67. The Morgan fingerprint density at radius 3 is 2.73 bits per heavy atom. The molecule has 0 saturated heterocycles. The highest BCUT2D eigenvalue weighted by molar-refractivity contribution is 6.04. The Morgan fingerprint density at radius 2 is 1.95 bits per heavy atom. The minimum atomic E-state index is -0.423. The molecule has 0 spiro atoms. The summed E-state index contributed by atoms with van der Waals surface area (Å²) in [5, 5.41) is 18.7. The van der Waals surface area contributed by atoms with Gasteiger partial charge >= 0.3 is 0 Å². The van der Waals surface area contributed by atoms with E-state index >= 15 is 0 Å². The SMILES string of the molecule is CCn1nc(C)cc1C(=O)Nc1cc(Nc2ccc3c(/C=C/c4ccccn4)n[nH]c3c2)c(F)cc1C. The number of nitrogens with one attached hydrogen (secondary N) is 3. The predicted octanol–water partition coefficient (Wildman–Crippen LogP) is 6.10. The van der Waals surface area contributed by atoms with Crippen LogP contribution in [0.15, 0.2) is 60.8 Å². The van der Waals surface area contributed by atoms with Crippen LogP contribution in [0.4, 0.5) is 21.5 Å². The number of anilines is 3. The van der Waals surface area contributed by atoms with Crippen molar-refractivity contribution in [1.82, 2.24) is 25.0 Å². The van der Waals surface area contributed by atoms with Gasteiger partial charge in [-0.1, -0.05) is 6.07 Å². The van der Waals surface area contributed by atoms with Crippen molar-refractivity contribution in [3.05, 3.63) is 95.0 Å². The molecule has 0 bridgehead atoms. The zero-order valence-corrected chi connectivity index (χ0v) is 20.7. The molecule has 1 amide bonds. The maximum atomic E-state index is 14.9. The van der Waals surface area contributed by atoms with E-state index in [2.05, 4.69) is 30.9 Å². The first kappa shape index (κ1) is 23.9. The molecule has 3 N–H and O–H groups in total. The number of amides is 1. The van der Waals surface area contributed by atoms with E-state index in [0.29, 0.717) is 29.2 Å². The zero-order chi connectivity index (χ0) is 25.9. The lowest BCUT2D eigenvalue weighted by atomic mass is 10.1. The molecule has 5 aromatic rings. The van der Waals surface area contributed by atoms with Crippen molar-refractivity contribution in [3.63, 3.8) is 0 Å². The Balaban J connectivity index is 1.37. The molecule has 37 heavy (non-hydrogen) atoms. The first-order chi connectivity index (χ1) is 17.9. The molecule has 0 atom stereocenters. The Morgan fingerprint density at radius 1 is 1.08 bits per heavy atom. The van der Waals surface area contributed by atoms with Gasteiger partial charge in [-0.15, -0.1) is 0 Å². The van der Waals surface area contributed by atoms with E-state index in [1.165, 1.54) is 6.07 Å². The quantitative estimate of drug-likeness (QED) is 0.253. The van der Waals surface area contributed by atoms with Crippen LogP contribution in [0, 0.1) is 19.7 Å². The van der Waals surface area contributed by atoms with Crippen LogP contribution in [0.1, 0.15) is 40.1 Å². The lowest BCUT2D eigenvalue weighted by Crippen LogP contribution is -2.18. The third kappa shape index (κ3) is 5.11. The number of hydrogen-bond donors (Lipinski definition) is 3. The summed E-state index contributed by atoms with van der Waals surface area (Å²) in [5.74, 6) is -0.720. The summed E-state index contributed by atoms with van der Waals surface area (Å²) in [7, 11) is 0. The molecule has 0 unspecified atom stereocenters. The van der Waals surface area contributed by atoms with Gasteiger partial charge in [0, 0.05) is 29.5 Å². The Kier molecular flexibility index (Phi) is 6.51. The van der Waals surface area contributed by atoms with Crippen LogP contribution < -0.4 is 10.6 Å². The first-order valence-electron chi connectivity index (χ1n) is 11.9. The number of carbonyl (C=O) groups excluding carboxylic acids is 1. The minimum Gasteiger partial charge on any atom is -0.353 e. The summed E-state index contributed by atoms with van der Waals surface area (Å²) in [6.07, 6.45) is 5.53. The van der Waals surface area contributed by atoms with Gasteiger partial charge in [-0.05, 0) is 87.0 Å². The smallest absolute Gasteiger partial charge is 0.273 e. The van der Waals surface area contributed by atoms with Crippen LogP contribution in [0.5, 0.6) is 0 Å². The van der Waals surface area contributed by atoms with Gasteiger partial charge < -0.3 is 10.6 Å². The average Bonchev–Trinajstić information content (AvgIpc) is 3.48. The van der Waals surface area contributed by atoms with Gasteiger partial charge in [-0.3, -0.25) is 19.6 Å². The molecule has 0 radical (unpaired) electrons. The number of halogens is 1. The number of aromatic nitrogens is 5. The largest absolute Gasteiger partial charge is 0.353 e. The van der Waals surface area contributed by atoms with Gasteiger partial charge in [0.2, 0.25) is 0 Å². The summed E-state index contributed by atoms with van der Waals surface area (Å²) in [6, 6.07) is 16.1. The fourth-order valence-corrected chi connectivity index (χ4v) is 4.10. The second kappa shape index (κ2) is 10.1. The molecule has 0 aliphatic heterocycles. The van der Waals surface area contributed by atoms with Gasteiger partial charge in [0.25, 0.3) is 5.91 Å². The molecule has 0 aliphatic carbocycles. The molecule has 9 heteroatoms. The highest BCUT2D eigenvalue weighted by Crippen LogP contribution is 2.29. The first-order valence-corrected chi connectivity index (χ1v) is 11.9. The number of benzene rings is 2. The number of H-pyrrole nitrogens is 1. The molecule has 5 rings (SSSR count). The van der Waals surface area contributed by atoms with E-state index in [1.54, 1.807) is 29.9 Å². The third-order valence-corrected chi connectivity index (χ3v) is 5.97. The van der Waals surface area contributed by atoms with E-state index in [9.17, 15) is 9.18 Å². The summed E-state index contributed by atoms with van der Waals surface area (Å²) in [6.45, 7) is 6.08. The fourth-order valence-electron chi connectivity index (χ4n) is 4.10. The Labute approximate surface area is 213 Å². The average molecular weight is 496 g/mol. The Hall–Kier alpha value is -4.79. The van der Waals surface area contributed by atoms with E-state index in [1.807, 2.05) is 62.4 Å². The summed E-state index contributed by atoms with van der Waals surface area (Å²) >= 11 is 0. The number of nitrogens with zero attached hydrogens (tertiary/aromatic N) is 4. The molecule has 2 aromatic carbocycles. The highest BCUT2D eigenvalue weighted by atomic mass is 19.1. The van der Waals surface area contributed by atoms with Crippen molar-refractivity contribution in [2.75, 3.05) is 10.6 Å². The number of hydrogen-bond acceptors (Lipinski definition) is 5. The van der Waals surface area contributed by atoms with Crippen LogP contribution in [-0.4, -0.2) is 30.9 Å². The zero-order valence-electron chi connectivity index (χ0n) is 20.7. The molecule has 3 heterocycles. The second-order valence-corrected chi connectivity index (χ2v) is 8.67. The number of fused-ring (bicyclic) bond motifs is 1. The van der Waals surface area contributed by atoms with Crippen molar-refractivity contribution in [3.8, 4) is 0 Å². The summed E-state index contributed by atoms with van der Waals surface area (Å²) in [5.41, 5.74) is 5.68. The van der Waals surface area contributed by atoms with Gasteiger partial charge in [0.15, 0.2) is 0 Å². The predicted molar refractivity (Wildman–Crippen MR) is 144 cm³/mol. The molecule has 3 aromatic heterocycles. The summed E-state index contributed by atoms with van der Waals surface area (Å²) < 4.78 is 16.5. The van der Waals surface area contributed by atoms with Crippen LogP contribution in [0.25, 0.3) is 23.1 Å². The number of rotatable bonds is 7. The normalized spacial score (nSPS) is 11.4. The molecule has 0 fully saturated rings.